The number of carbonyl (C=O) groups excluding carboxylic acids is 2. The third-order valence-electron chi connectivity index (χ3n) is 4.97. The molecule has 0 unspecified atom stereocenters. The van der Waals surface area contributed by atoms with Crippen molar-refractivity contribution >= 4 is 61.5 Å². The number of carbonyl (C=O) groups is 2. The first-order valence-corrected chi connectivity index (χ1v) is 12.0. The summed E-state index contributed by atoms with van der Waals surface area (Å²) in [4.78, 5) is 26.3. The lowest BCUT2D eigenvalue weighted by molar-refractivity contribution is -0.113. The summed E-state index contributed by atoms with van der Waals surface area (Å²) in [6.07, 6.45) is 0. The number of rotatable bonds is 6. The predicted molar refractivity (Wildman–Crippen MR) is 133 cm³/mol. The fourth-order valence-electron chi connectivity index (χ4n) is 3.48. The van der Waals surface area contributed by atoms with Gasteiger partial charge in [-0.15, -0.1) is 10.2 Å². The van der Waals surface area contributed by atoms with Gasteiger partial charge in [0.15, 0.2) is 5.16 Å². The number of thiazole rings is 1. The Kier molecular flexibility index (Phi) is 5.80. The molecular weight excluding hydrogens is 454 g/mol. The summed E-state index contributed by atoms with van der Waals surface area (Å²) in [5, 5.41) is 14.8. The number of anilines is 2. The number of para-hydroxylation sites is 2. The maximum Gasteiger partial charge on any atom is 0.257 e. The molecule has 2 heterocycles. The molecule has 0 fully saturated rings. The molecule has 0 saturated heterocycles. The Morgan fingerprint density at radius 3 is 2.67 bits per heavy atom. The molecule has 2 amide bonds. The number of nitrogens with one attached hydrogen (secondary N) is 2. The van der Waals surface area contributed by atoms with Crippen LogP contribution in [0.1, 0.15) is 15.9 Å². The average Bonchev–Trinajstić information content (AvgIpc) is 3.37. The molecule has 0 bridgehead atoms. The summed E-state index contributed by atoms with van der Waals surface area (Å²) < 4.78 is 3.07. The van der Waals surface area contributed by atoms with Crippen LogP contribution >= 0.6 is 23.1 Å². The predicted octanol–water partition coefficient (Wildman–Crippen LogP) is 5.24. The summed E-state index contributed by atoms with van der Waals surface area (Å²) in [6.45, 7) is 1.96. The monoisotopic (exact) mass is 473 g/mol. The van der Waals surface area contributed by atoms with Gasteiger partial charge in [0.05, 0.1) is 27.2 Å². The van der Waals surface area contributed by atoms with Gasteiger partial charge in [-0.05, 0) is 48.9 Å². The molecule has 0 aliphatic heterocycles. The van der Waals surface area contributed by atoms with E-state index in [9.17, 15) is 9.59 Å². The maximum absolute atomic E-state index is 12.8. The maximum atomic E-state index is 12.8. The normalized spacial score (nSPS) is 11.1. The smallest absolute Gasteiger partial charge is 0.257 e. The van der Waals surface area contributed by atoms with E-state index in [4.69, 9.17) is 0 Å². The molecule has 0 aliphatic carbocycles. The van der Waals surface area contributed by atoms with E-state index in [-0.39, 0.29) is 17.6 Å². The minimum absolute atomic E-state index is 0.138. The Hall–Kier alpha value is -3.69. The number of aryl methyl sites for hydroxylation is 1. The SMILES string of the molecule is Cc1cccc(NC(=O)c2ccccc2NC(=O)CSc2nnc3sc4ccccc4n23)c1. The first-order chi connectivity index (χ1) is 16.1. The highest BCUT2D eigenvalue weighted by molar-refractivity contribution is 7.99. The Morgan fingerprint density at radius 2 is 1.79 bits per heavy atom. The van der Waals surface area contributed by atoms with Crippen molar-refractivity contribution in [2.45, 2.75) is 12.1 Å². The van der Waals surface area contributed by atoms with Gasteiger partial charge in [-0.3, -0.25) is 14.0 Å². The second-order valence-electron chi connectivity index (χ2n) is 7.38. The fourth-order valence-corrected chi connectivity index (χ4v) is 5.24. The number of hydrogen-bond donors (Lipinski definition) is 2. The molecule has 7 nitrogen and oxygen atoms in total. The largest absolute Gasteiger partial charge is 0.325 e. The van der Waals surface area contributed by atoms with Crippen molar-refractivity contribution in [2.75, 3.05) is 16.4 Å². The Labute approximate surface area is 197 Å². The molecule has 2 N–H and O–H groups in total. The first-order valence-electron chi connectivity index (χ1n) is 10.2. The van der Waals surface area contributed by atoms with Crippen LogP contribution in [-0.2, 0) is 4.79 Å². The van der Waals surface area contributed by atoms with E-state index in [1.165, 1.54) is 11.8 Å². The Bertz CT molecular complexity index is 1490. The summed E-state index contributed by atoms with van der Waals surface area (Å²) >= 11 is 2.86. The summed E-state index contributed by atoms with van der Waals surface area (Å²) in [7, 11) is 0. The minimum atomic E-state index is -0.284. The zero-order valence-corrected chi connectivity index (χ0v) is 19.2. The van der Waals surface area contributed by atoms with Crippen molar-refractivity contribution in [3.8, 4) is 0 Å². The lowest BCUT2D eigenvalue weighted by atomic mass is 10.1. The standard InChI is InChI=1S/C24H19N5O2S2/c1-15-7-6-8-16(13-15)25-22(31)17-9-2-3-10-18(17)26-21(30)14-32-23-27-28-24-29(23)19-11-4-5-12-20(19)33-24/h2-13H,14H2,1H3,(H,25,31)(H,26,30). The van der Waals surface area contributed by atoms with E-state index in [2.05, 4.69) is 20.8 Å². The van der Waals surface area contributed by atoms with E-state index >= 15 is 0 Å². The number of thioether (sulfide) groups is 1. The van der Waals surface area contributed by atoms with E-state index in [1.54, 1.807) is 35.6 Å². The van der Waals surface area contributed by atoms with Gasteiger partial charge in [0, 0.05) is 5.69 Å². The molecule has 0 aliphatic rings. The van der Waals surface area contributed by atoms with E-state index in [1.807, 2.05) is 59.9 Å². The van der Waals surface area contributed by atoms with Gasteiger partial charge in [-0.2, -0.15) is 0 Å². The Morgan fingerprint density at radius 1 is 0.970 bits per heavy atom. The summed E-state index contributed by atoms with van der Waals surface area (Å²) in [6, 6.07) is 22.5. The molecule has 2 aromatic heterocycles. The van der Waals surface area contributed by atoms with Gasteiger partial charge in [-0.25, -0.2) is 0 Å². The van der Waals surface area contributed by atoms with Crippen molar-refractivity contribution < 1.29 is 9.59 Å². The molecular formula is C24H19N5O2S2. The second-order valence-corrected chi connectivity index (χ2v) is 9.33. The highest BCUT2D eigenvalue weighted by atomic mass is 32.2. The van der Waals surface area contributed by atoms with E-state index < -0.39 is 0 Å². The van der Waals surface area contributed by atoms with Crippen LogP contribution in [0, 0.1) is 6.92 Å². The molecule has 3 aromatic carbocycles. The molecule has 0 spiro atoms. The highest BCUT2D eigenvalue weighted by Gasteiger charge is 2.16. The van der Waals surface area contributed by atoms with E-state index in [0.29, 0.717) is 22.1 Å². The lowest BCUT2D eigenvalue weighted by Crippen LogP contribution is -2.19. The molecule has 0 atom stereocenters. The van der Waals surface area contributed by atoms with Gasteiger partial charge in [0.1, 0.15) is 0 Å². The molecule has 0 radical (unpaired) electrons. The zero-order chi connectivity index (χ0) is 22.8. The fraction of sp³-hybridized carbons (Fsp3) is 0.0833. The number of nitrogens with zero attached hydrogens (tertiary/aromatic N) is 3. The van der Waals surface area contributed by atoms with Crippen LogP contribution in [0.5, 0.6) is 0 Å². The van der Waals surface area contributed by atoms with Crippen molar-refractivity contribution in [1.29, 1.82) is 0 Å². The van der Waals surface area contributed by atoms with Crippen LogP contribution in [0.25, 0.3) is 15.2 Å². The third kappa shape index (κ3) is 4.46. The van der Waals surface area contributed by atoms with E-state index in [0.717, 1.165) is 20.7 Å². The number of fused-ring (bicyclic) bond motifs is 3. The van der Waals surface area contributed by atoms with Crippen LogP contribution < -0.4 is 10.6 Å². The molecule has 164 valence electrons. The first kappa shape index (κ1) is 21.2. The van der Waals surface area contributed by atoms with Gasteiger partial charge >= 0.3 is 0 Å². The lowest BCUT2D eigenvalue weighted by Gasteiger charge is -2.11. The molecule has 0 saturated carbocycles. The van der Waals surface area contributed by atoms with Gasteiger partial charge < -0.3 is 10.6 Å². The molecule has 5 aromatic rings. The van der Waals surface area contributed by atoms with Gasteiger partial charge in [-0.1, -0.05) is 59.5 Å². The summed E-state index contributed by atoms with van der Waals surface area (Å²) in [5.74, 6) is -0.376. The number of benzene rings is 3. The Balaban J connectivity index is 1.29. The molecule has 33 heavy (non-hydrogen) atoms. The number of hydrogen-bond acceptors (Lipinski definition) is 6. The minimum Gasteiger partial charge on any atom is -0.325 e. The van der Waals surface area contributed by atoms with Crippen LogP contribution in [0.4, 0.5) is 11.4 Å². The number of amides is 2. The molecule has 5 rings (SSSR count). The zero-order valence-electron chi connectivity index (χ0n) is 17.6. The van der Waals surface area contributed by atoms with Crippen LogP contribution in [0.2, 0.25) is 0 Å². The van der Waals surface area contributed by atoms with Crippen LogP contribution in [-0.4, -0.2) is 32.2 Å². The topological polar surface area (TPSA) is 88.4 Å². The summed E-state index contributed by atoms with van der Waals surface area (Å²) in [5.41, 5.74) is 3.62. The van der Waals surface area contributed by atoms with Crippen LogP contribution in [0.3, 0.4) is 0 Å². The van der Waals surface area contributed by atoms with Crippen molar-refractivity contribution in [1.82, 2.24) is 14.6 Å². The second kappa shape index (κ2) is 9.05. The quantitative estimate of drug-likeness (QED) is 0.330. The van der Waals surface area contributed by atoms with Crippen LogP contribution in [0.15, 0.2) is 78.0 Å². The third-order valence-corrected chi connectivity index (χ3v) is 6.91. The highest BCUT2D eigenvalue weighted by Crippen LogP contribution is 2.29. The van der Waals surface area contributed by atoms with Crippen molar-refractivity contribution in [3.63, 3.8) is 0 Å². The number of aromatic nitrogens is 3. The average molecular weight is 474 g/mol. The van der Waals surface area contributed by atoms with Gasteiger partial charge in [0.25, 0.3) is 5.91 Å². The molecule has 9 heteroatoms. The van der Waals surface area contributed by atoms with Crippen molar-refractivity contribution in [2.24, 2.45) is 0 Å². The van der Waals surface area contributed by atoms with Gasteiger partial charge in [0.2, 0.25) is 10.9 Å². The van der Waals surface area contributed by atoms with Crippen molar-refractivity contribution in [3.05, 3.63) is 83.9 Å².